The van der Waals surface area contributed by atoms with Crippen LogP contribution in [0.1, 0.15) is 0 Å². The van der Waals surface area contributed by atoms with Gasteiger partial charge in [0.05, 0.1) is 16.8 Å². The molecule has 0 amide bonds. The van der Waals surface area contributed by atoms with Crippen molar-refractivity contribution >= 4 is 11.6 Å². The Labute approximate surface area is 101 Å². The number of nitro groups is 1. The second-order valence-electron chi connectivity index (χ2n) is 4.13. The van der Waals surface area contributed by atoms with Crippen molar-refractivity contribution in [2.75, 3.05) is 0 Å². The van der Waals surface area contributed by atoms with Crippen molar-refractivity contribution in [2.24, 2.45) is 5.92 Å². The van der Waals surface area contributed by atoms with Crippen LogP contribution in [0.2, 0.25) is 0 Å². The van der Waals surface area contributed by atoms with Gasteiger partial charge in [0, 0.05) is 11.6 Å². The molecule has 1 aliphatic heterocycles. The number of nitrogens with zero attached hydrogens (tertiary/aromatic N) is 1. The van der Waals surface area contributed by atoms with E-state index < -0.39 is 22.7 Å². The van der Waals surface area contributed by atoms with Crippen LogP contribution in [0.25, 0.3) is 0 Å². The third kappa shape index (κ3) is 1.29. The molecule has 0 saturated heterocycles. The number of allylic oxidation sites excluding steroid dienone is 4. The zero-order valence-electron chi connectivity index (χ0n) is 9.03. The first-order valence-electron chi connectivity index (χ1n) is 5.28. The summed E-state index contributed by atoms with van der Waals surface area (Å²) in [5.74, 6) is -1.35. The van der Waals surface area contributed by atoms with Crippen LogP contribution in [0.5, 0.6) is 0 Å². The SMILES string of the molecule is O=C1C=CC(=O)C2=C1C=C([N+](=O)[O-])C1C=COC21. The van der Waals surface area contributed by atoms with E-state index in [-0.39, 0.29) is 22.6 Å². The largest absolute Gasteiger partial charge is 0.492 e. The van der Waals surface area contributed by atoms with Crippen LogP contribution in [-0.4, -0.2) is 22.6 Å². The maximum atomic E-state index is 11.8. The molecule has 0 aromatic rings. The van der Waals surface area contributed by atoms with Gasteiger partial charge in [-0.1, -0.05) is 0 Å². The lowest BCUT2D eigenvalue weighted by Gasteiger charge is -2.25. The molecule has 18 heavy (non-hydrogen) atoms. The summed E-state index contributed by atoms with van der Waals surface area (Å²) in [4.78, 5) is 33.9. The molecule has 90 valence electrons. The zero-order chi connectivity index (χ0) is 12.9. The Morgan fingerprint density at radius 3 is 2.67 bits per heavy atom. The predicted molar refractivity (Wildman–Crippen MR) is 58.8 cm³/mol. The summed E-state index contributed by atoms with van der Waals surface area (Å²) in [7, 11) is 0. The molecule has 0 spiro atoms. The van der Waals surface area contributed by atoms with Crippen LogP contribution in [0, 0.1) is 16.0 Å². The molecular formula is C12H7NO5. The van der Waals surface area contributed by atoms with E-state index in [9.17, 15) is 19.7 Å². The standard InChI is InChI=1S/C12H7NO5/c14-9-1-2-10(15)11-7(9)5-8(13(16)17)6-3-4-18-12(6)11/h1-6,12H. The average molecular weight is 245 g/mol. The van der Waals surface area contributed by atoms with E-state index in [2.05, 4.69) is 0 Å². The fourth-order valence-electron chi connectivity index (χ4n) is 2.36. The first-order valence-corrected chi connectivity index (χ1v) is 5.28. The van der Waals surface area contributed by atoms with Gasteiger partial charge in [0.2, 0.25) is 0 Å². The molecule has 0 fully saturated rings. The van der Waals surface area contributed by atoms with E-state index in [4.69, 9.17) is 4.74 Å². The van der Waals surface area contributed by atoms with Gasteiger partial charge in [-0.05, 0) is 18.2 Å². The van der Waals surface area contributed by atoms with Crippen LogP contribution >= 0.6 is 0 Å². The maximum absolute atomic E-state index is 11.8. The molecular weight excluding hydrogens is 238 g/mol. The van der Waals surface area contributed by atoms with Crippen LogP contribution in [0.4, 0.5) is 0 Å². The Kier molecular flexibility index (Phi) is 2.07. The first kappa shape index (κ1) is 10.6. The number of rotatable bonds is 1. The van der Waals surface area contributed by atoms with Gasteiger partial charge in [-0.25, -0.2) is 0 Å². The molecule has 1 heterocycles. The fraction of sp³-hybridized carbons (Fsp3) is 0.167. The first-order chi connectivity index (χ1) is 8.59. The molecule has 2 atom stereocenters. The lowest BCUT2D eigenvalue weighted by molar-refractivity contribution is -0.433. The summed E-state index contributed by atoms with van der Waals surface area (Å²) in [5.41, 5.74) is 0.159. The van der Waals surface area contributed by atoms with Crippen molar-refractivity contribution in [3.05, 3.63) is 57.5 Å². The molecule has 0 saturated carbocycles. The lowest BCUT2D eigenvalue weighted by Crippen LogP contribution is -2.34. The number of carbonyl (C=O) groups is 2. The van der Waals surface area contributed by atoms with E-state index >= 15 is 0 Å². The van der Waals surface area contributed by atoms with Crippen molar-refractivity contribution < 1.29 is 19.2 Å². The molecule has 3 rings (SSSR count). The zero-order valence-corrected chi connectivity index (χ0v) is 9.03. The minimum absolute atomic E-state index is 0.0687. The molecule has 0 bridgehead atoms. The molecule has 6 nitrogen and oxygen atoms in total. The maximum Gasteiger partial charge on any atom is 0.258 e. The molecule has 3 aliphatic rings. The number of ether oxygens (including phenoxy) is 1. The average Bonchev–Trinajstić information content (AvgIpc) is 2.81. The highest BCUT2D eigenvalue weighted by atomic mass is 16.6. The van der Waals surface area contributed by atoms with Crippen LogP contribution < -0.4 is 0 Å². The molecule has 2 unspecified atom stereocenters. The second-order valence-corrected chi connectivity index (χ2v) is 4.13. The summed E-state index contributed by atoms with van der Waals surface area (Å²) >= 11 is 0. The highest BCUT2D eigenvalue weighted by Crippen LogP contribution is 2.38. The van der Waals surface area contributed by atoms with Crippen LogP contribution in [0.15, 0.2) is 47.4 Å². The topological polar surface area (TPSA) is 86.5 Å². The third-order valence-corrected chi connectivity index (χ3v) is 3.17. The van der Waals surface area contributed by atoms with Crippen molar-refractivity contribution in [1.29, 1.82) is 0 Å². The number of hydrogen-bond acceptors (Lipinski definition) is 5. The molecule has 0 radical (unpaired) electrons. The predicted octanol–water partition coefficient (Wildman–Crippen LogP) is 0.694. The Hall–Kier alpha value is -2.50. The van der Waals surface area contributed by atoms with E-state index in [1.807, 2.05) is 0 Å². The van der Waals surface area contributed by atoms with Gasteiger partial charge in [-0.3, -0.25) is 19.7 Å². The summed E-state index contributed by atoms with van der Waals surface area (Å²) in [5, 5.41) is 11.0. The van der Waals surface area contributed by atoms with Crippen LogP contribution in [0.3, 0.4) is 0 Å². The Bertz CT molecular complexity index is 608. The molecule has 0 aromatic carbocycles. The van der Waals surface area contributed by atoms with Crippen molar-refractivity contribution in [2.45, 2.75) is 6.10 Å². The third-order valence-electron chi connectivity index (χ3n) is 3.17. The Morgan fingerprint density at radius 2 is 1.94 bits per heavy atom. The highest BCUT2D eigenvalue weighted by Gasteiger charge is 2.45. The van der Waals surface area contributed by atoms with E-state index in [1.54, 1.807) is 0 Å². The summed E-state index contributed by atoms with van der Waals surface area (Å²) in [6, 6.07) is 0. The number of fused-ring (bicyclic) bond motifs is 2. The van der Waals surface area contributed by atoms with E-state index in [0.29, 0.717) is 0 Å². The number of ketones is 2. The molecule has 2 aliphatic carbocycles. The molecule has 0 N–H and O–H groups in total. The fourth-order valence-corrected chi connectivity index (χ4v) is 2.36. The van der Waals surface area contributed by atoms with Gasteiger partial charge in [-0.15, -0.1) is 0 Å². The monoisotopic (exact) mass is 245 g/mol. The normalized spacial score (nSPS) is 28.8. The van der Waals surface area contributed by atoms with Crippen LogP contribution in [-0.2, 0) is 14.3 Å². The lowest BCUT2D eigenvalue weighted by atomic mass is 9.80. The summed E-state index contributed by atoms with van der Waals surface area (Å²) in [6.07, 6.45) is 5.58. The number of hydrogen-bond donors (Lipinski definition) is 0. The molecule has 0 aromatic heterocycles. The smallest absolute Gasteiger partial charge is 0.258 e. The minimum atomic E-state index is -0.758. The van der Waals surface area contributed by atoms with Gasteiger partial charge in [0.25, 0.3) is 5.70 Å². The van der Waals surface area contributed by atoms with Crippen molar-refractivity contribution in [3.8, 4) is 0 Å². The summed E-state index contributed by atoms with van der Waals surface area (Å²) < 4.78 is 5.23. The Balaban J connectivity index is 2.20. The van der Waals surface area contributed by atoms with Gasteiger partial charge in [-0.2, -0.15) is 0 Å². The number of carbonyl (C=O) groups excluding carboxylic acids is 2. The van der Waals surface area contributed by atoms with E-state index in [0.717, 1.165) is 6.08 Å². The highest BCUT2D eigenvalue weighted by molar-refractivity contribution is 6.22. The van der Waals surface area contributed by atoms with Gasteiger partial charge < -0.3 is 4.74 Å². The summed E-state index contributed by atoms with van der Waals surface area (Å²) in [6.45, 7) is 0. The van der Waals surface area contributed by atoms with Gasteiger partial charge >= 0.3 is 0 Å². The molecule has 6 heteroatoms. The quantitative estimate of drug-likeness (QED) is 0.385. The van der Waals surface area contributed by atoms with Crippen molar-refractivity contribution in [1.82, 2.24) is 0 Å². The Morgan fingerprint density at radius 1 is 1.22 bits per heavy atom. The minimum Gasteiger partial charge on any atom is -0.492 e. The van der Waals surface area contributed by atoms with E-state index in [1.165, 1.54) is 24.5 Å². The van der Waals surface area contributed by atoms with Crippen molar-refractivity contribution in [3.63, 3.8) is 0 Å². The van der Waals surface area contributed by atoms with Gasteiger partial charge in [0.15, 0.2) is 11.6 Å². The van der Waals surface area contributed by atoms with Gasteiger partial charge in [0.1, 0.15) is 12.0 Å². The second kappa shape index (κ2) is 3.49.